The molecule has 4 rings (SSSR count). The average molecular weight is 403 g/mol. The molecular weight excluding hydrogens is 378 g/mol. The van der Waals surface area contributed by atoms with Crippen LogP contribution in [0.5, 0.6) is 0 Å². The molecule has 0 radical (unpaired) electrons. The Hall–Kier alpha value is -3.61. The molecule has 1 aliphatic rings. The first-order valence-corrected chi connectivity index (χ1v) is 10.1. The van der Waals surface area contributed by atoms with Gasteiger partial charge in [-0.1, -0.05) is 30.3 Å². The number of nitrogens with one attached hydrogen (secondary N) is 2. The number of carbonyl (C=O) groups is 1. The first-order valence-electron chi connectivity index (χ1n) is 10.1. The first-order chi connectivity index (χ1) is 14.7. The summed E-state index contributed by atoms with van der Waals surface area (Å²) in [5.41, 5.74) is 2.54. The summed E-state index contributed by atoms with van der Waals surface area (Å²) in [5, 5.41) is 5.86. The van der Waals surface area contributed by atoms with Crippen molar-refractivity contribution < 1.29 is 4.79 Å². The molecule has 7 nitrogen and oxygen atoms in total. The quantitative estimate of drug-likeness (QED) is 0.663. The van der Waals surface area contributed by atoms with Crippen molar-refractivity contribution in [2.75, 3.05) is 29.9 Å². The number of aromatic nitrogens is 2. The van der Waals surface area contributed by atoms with E-state index in [1.54, 1.807) is 12.3 Å². The maximum atomic E-state index is 12.3. The zero-order valence-corrected chi connectivity index (χ0v) is 16.7. The van der Waals surface area contributed by atoms with E-state index in [4.69, 9.17) is 0 Å². The summed E-state index contributed by atoms with van der Waals surface area (Å²) in [6.45, 7) is 2.99. The summed E-state index contributed by atoms with van der Waals surface area (Å²) >= 11 is 0. The van der Waals surface area contributed by atoms with Crippen LogP contribution in [-0.4, -0.2) is 35.2 Å². The number of nitrogens with zero attached hydrogens (tertiary/aromatic N) is 3. The van der Waals surface area contributed by atoms with E-state index in [9.17, 15) is 9.59 Å². The van der Waals surface area contributed by atoms with Gasteiger partial charge in [-0.2, -0.15) is 0 Å². The number of benzene rings is 2. The lowest BCUT2D eigenvalue weighted by atomic mass is 10.1. The minimum absolute atomic E-state index is 0.219. The minimum atomic E-state index is -0.297. The van der Waals surface area contributed by atoms with Gasteiger partial charge in [0.05, 0.1) is 6.54 Å². The van der Waals surface area contributed by atoms with Gasteiger partial charge in [-0.05, 0) is 48.2 Å². The Morgan fingerprint density at radius 3 is 2.80 bits per heavy atom. The van der Waals surface area contributed by atoms with Crippen molar-refractivity contribution in [1.29, 1.82) is 0 Å². The third kappa shape index (κ3) is 5.05. The molecule has 7 heteroatoms. The lowest BCUT2D eigenvalue weighted by Crippen LogP contribution is -2.34. The zero-order valence-electron chi connectivity index (χ0n) is 16.7. The van der Waals surface area contributed by atoms with Crippen molar-refractivity contribution in [3.05, 3.63) is 89.1 Å². The Bertz CT molecular complexity index is 1050. The number of anilines is 2. The van der Waals surface area contributed by atoms with Crippen LogP contribution in [0.15, 0.2) is 77.9 Å². The number of carbonyl (C=O) groups excluding carboxylic acids is 1. The fourth-order valence-corrected chi connectivity index (χ4v) is 3.74. The van der Waals surface area contributed by atoms with E-state index in [2.05, 4.69) is 32.7 Å². The van der Waals surface area contributed by atoms with Crippen molar-refractivity contribution in [1.82, 2.24) is 14.9 Å². The highest BCUT2D eigenvalue weighted by molar-refractivity contribution is 5.89. The maximum Gasteiger partial charge on any atom is 0.347 e. The smallest absolute Gasteiger partial charge is 0.347 e. The van der Waals surface area contributed by atoms with Gasteiger partial charge in [0.25, 0.3) is 0 Å². The molecule has 1 aliphatic heterocycles. The molecule has 0 spiro atoms. The predicted octanol–water partition coefficient (Wildman–Crippen LogP) is 2.94. The summed E-state index contributed by atoms with van der Waals surface area (Å²) in [7, 11) is 0. The Kier molecular flexibility index (Phi) is 6.08. The van der Waals surface area contributed by atoms with Crippen LogP contribution >= 0.6 is 0 Å². The second kappa shape index (κ2) is 9.26. The van der Waals surface area contributed by atoms with Gasteiger partial charge in [0, 0.05) is 43.4 Å². The van der Waals surface area contributed by atoms with Crippen molar-refractivity contribution in [3.63, 3.8) is 0 Å². The molecule has 0 aliphatic carbocycles. The van der Waals surface area contributed by atoms with Crippen LogP contribution in [-0.2, 0) is 6.54 Å². The van der Waals surface area contributed by atoms with Gasteiger partial charge in [-0.15, -0.1) is 0 Å². The zero-order chi connectivity index (χ0) is 20.8. The predicted molar refractivity (Wildman–Crippen MR) is 118 cm³/mol. The van der Waals surface area contributed by atoms with E-state index in [1.165, 1.54) is 16.5 Å². The number of hydrogen-bond donors (Lipinski definition) is 2. The average Bonchev–Trinajstić information content (AvgIpc) is 3.24. The summed E-state index contributed by atoms with van der Waals surface area (Å²) in [6.07, 6.45) is 4.23. The third-order valence-electron chi connectivity index (χ3n) is 5.28. The Balaban J connectivity index is 1.27. The molecule has 1 aromatic heterocycles. The molecule has 3 aromatic rings. The lowest BCUT2D eigenvalue weighted by molar-refractivity contribution is 0.250. The molecule has 2 amide bonds. The van der Waals surface area contributed by atoms with Gasteiger partial charge in [0.2, 0.25) is 0 Å². The monoisotopic (exact) mass is 403 g/mol. The molecule has 2 aromatic carbocycles. The summed E-state index contributed by atoms with van der Waals surface area (Å²) in [6, 6.07) is 19.3. The van der Waals surface area contributed by atoms with Crippen LogP contribution < -0.4 is 21.2 Å². The number of rotatable bonds is 6. The minimum Gasteiger partial charge on any atom is -0.371 e. The molecule has 1 fully saturated rings. The Morgan fingerprint density at radius 2 is 1.97 bits per heavy atom. The van der Waals surface area contributed by atoms with E-state index in [0.29, 0.717) is 24.7 Å². The fraction of sp³-hybridized carbons (Fsp3) is 0.261. The third-order valence-corrected chi connectivity index (χ3v) is 5.28. The number of hydrogen-bond acceptors (Lipinski definition) is 4. The molecule has 154 valence electrons. The molecule has 0 saturated carbocycles. The van der Waals surface area contributed by atoms with Gasteiger partial charge < -0.3 is 15.5 Å². The fourth-order valence-electron chi connectivity index (χ4n) is 3.74. The van der Waals surface area contributed by atoms with Gasteiger partial charge >= 0.3 is 11.7 Å². The molecule has 2 N–H and O–H groups in total. The Labute approximate surface area is 175 Å². The summed E-state index contributed by atoms with van der Waals surface area (Å²) in [4.78, 5) is 30.2. The molecule has 1 atom stereocenters. The molecule has 30 heavy (non-hydrogen) atoms. The molecule has 0 unspecified atom stereocenters. The van der Waals surface area contributed by atoms with E-state index in [-0.39, 0.29) is 11.7 Å². The Morgan fingerprint density at radius 1 is 1.10 bits per heavy atom. The molecule has 0 bridgehead atoms. The molecule has 2 heterocycles. The first kappa shape index (κ1) is 19.7. The normalized spacial score (nSPS) is 15.7. The SMILES string of the molecule is O=C(NC[C@H]1CCN(c2ccccc2)C1)Nc1cccc(Cn2cccnc2=O)c1. The van der Waals surface area contributed by atoms with Crippen LogP contribution in [0.1, 0.15) is 12.0 Å². The van der Waals surface area contributed by atoms with Crippen LogP contribution in [0.4, 0.5) is 16.2 Å². The topological polar surface area (TPSA) is 79.3 Å². The van der Waals surface area contributed by atoms with Gasteiger partial charge in [0.1, 0.15) is 0 Å². The second-order valence-corrected chi connectivity index (χ2v) is 7.50. The van der Waals surface area contributed by atoms with Crippen molar-refractivity contribution in [2.24, 2.45) is 5.92 Å². The highest BCUT2D eigenvalue weighted by Gasteiger charge is 2.22. The summed E-state index contributed by atoms with van der Waals surface area (Å²) < 4.78 is 1.53. The van der Waals surface area contributed by atoms with Crippen LogP contribution in [0.25, 0.3) is 0 Å². The number of amides is 2. The van der Waals surface area contributed by atoms with E-state index in [1.807, 2.05) is 42.5 Å². The van der Waals surface area contributed by atoms with Crippen molar-refractivity contribution >= 4 is 17.4 Å². The van der Waals surface area contributed by atoms with Gasteiger partial charge in [-0.25, -0.2) is 14.6 Å². The standard InChI is InChI=1S/C23H25N5O2/c29-22(25-15-19-10-13-27(17-19)21-8-2-1-3-9-21)26-20-7-4-6-18(14-20)16-28-12-5-11-24-23(28)30/h1-9,11-12,14,19H,10,13,15-17H2,(H2,25,26,29)/t19-/m1/s1. The highest BCUT2D eigenvalue weighted by atomic mass is 16.2. The molecule has 1 saturated heterocycles. The van der Waals surface area contributed by atoms with Crippen LogP contribution in [0.2, 0.25) is 0 Å². The maximum absolute atomic E-state index is 12.3. The second-order valence-electron chi connectivity index (χ2n) is 7.50. The summed E-state index contributed by atoms with van der Waals surface area (Å²) in [5.74, 6) is 0.430. The van der Waals surface area contributed by atoms with Gasteiger partial charge in [0.15, 0.2) is 0 Å². The lowest BCUT2D eigenvalue weighted by Gasteiger charge is -2.18. The number of para-hydroxylation sites is 1. The van der Waals surface area contributed by atoms with Crippen molar-refractivity contribution in [3.8, 4) is 0 Å². The molecular formula is C23H25N5O2. The van der Waals surface area contributed by atoms with Crippen LogP contribution in [0.3, 0.4) is 0 Å². The number of urea groups is 1. The van der Waals surface area contributed by atoms with Crippen LogP contribution in [0, 0.1) is 5.92 Å². The van der Waals surface area contributed by atoms with E-state index >= 15 is 0 Å². The van der Waals surface area contributed by atoms with Crippen molar-refractivity contribution in [2.45, 2.75) is 13.0 Å². The van der Waals surface area contributed by atoms with E-state index < -0.39 is 0 Å². The highest BCUT2D eigenvalue weighted by Crippen LogP contribution is 2.23. The largest absolute Gasteiger partial charge is 0.371 e. The van der Waals surface area contributed by atoms with E-state index in [0.717, 1.165) is 25.1 Å². The van der Waals surface area contributed by atoms with Gasteiger partial charge in [-0.3, -0.25) is 4.57 Å².